The lowest BCUT2D eigenvalue weighted by molar-refractivity contribution is 0.0503. The SMILES string of the molecule is NC(=S)c1ccc(C(=O)N2CCCCC2CO)cc1. The molecule has 1 heterocycles. The monoisotopic (exact) mass is 278 g/mol. The highest BCUT2D eigenvalue weighted by molar-refractivity contribution is 7.80. The molecule has 1 amide bonds. The van der Waals surface area contributed by atoms with Gasteiger partial charge in [-0.1, -0.05) is 24.4 Å². The minimum atomic E-state index is -0.0588. The van der Waals surface area contributed by atoms with Crippen LogP contribution in [0.4, 0.5) is 0 Å². The number of nitrogens with two attached hydrogens (primary N) is 1. The van der Waals surface area contributed by atoms with Crippen molar-refractivity contribution in [3.05, 3.63) is 35.4 Å². The van der Waals surface area contributed by atoms with Gasteiger partial charge in [0.15, 0.2) is 0 Å². The first-order valence-corrected chi connectivity index (χ1v) is 6.86. The highest BCUT2D eigenvalue weighted by Gasteiger charge is 2.26. The van der Waals surface area contributed by atoms with E-state index < -0.39 is 0 Å². The molecule has 102 valence electrons. The predicted octanol–water partition coefficient (Wildman–Crippen LogP) is 1.31. The predicted molar refractivity (Wildman–Crippen MR) is 78.1 cm³/mol. The van der Waals surface area contributed by atoms with Gasteiger partial charge in [-0.05, 0) is 31.4 Å². The summed E-state index contributed by atoms with van der Waals surface area (Å²) in [5.74, 6) is -0.0340. The number of benzene rings is 1. The first kappa shape index (κ1) is 14.0. The van der Waals surface area contributed by atoms with E-state index in [2.05, 4.69) is 0 Å². The molecular formula is C14H18N2O2S. The fraction of sp³-hybridized carbons (Fsp3) is 0.429. The van der Waals surface area contributed by atoms with Crippen molar-refractivity contribution in [3.8, 4) is 0 Å². The molecule has 0 aliphatic carbocycles. The Morgan fingerprint density at radius 2 is 1.95 bits per heavy atom. The molecule has 1 aliphatic heterocycles. The molecule has 1 saturated heterocycles. The van der Waals surface area contributed by atoms with Gasteiger partial charge in [-0.15, -0.1) is 0 Å². The molecule has 2 rings (SSSR count). The van der Waals surface area contributed by atoms with Crippen LogP contribution in [0, 0.1) is 0 Å². The Bertz CT molecular complexity index is 473. The molecular weight excluding hydrogens is 260 g/mol. The van der Waals surface area contributed by atoms with Crippen molar-refractivity contribution in [2.75, 3.05) is 13.2 Å². The van der Waals surface area contributed by atoms with Crippen molar-refractivity contribution in [1.82, 2.24) is 4.90 Å². The summed E-state index contributed by atoms with van der Waals surface area (Å²) in [6.45, 7) is 0.734. The van der Waals surface area contributed by atoms with Crippen LogP contribution in [-0.2, 0) is 0 Å². The van der Waals surface area contributed by atoms with Crippen molar-refractivity contribution in [1.29, 1.82) is 0 Å². The number of thiocarbonyl (C=S) groups is 1. The normalized spacial score (nSPS) is 19.2. The molecule has 1 aromatic rings. The molecule has 1 fully saturated rings. The van der Waals surface area contributed by atoms with Crippen LogP contribution in [0.1, 0.15) is 35.2 Å². The molecule has 5 heteroatoms. The highest BCUT2D eigenvalue weighted by atomic mass is 32.1. The van der Waals surface area contributed by atoms with E-state index in [1.165, 1.54) is 0 Å². The standard InChI is InChI=1S/C14H18N2O2S/c15-13(19)10-4-6-11(7-5-10)14(18)16-8-2-1-3-12(16)9-17/h4-7,12,17H,1-3,8-9H2,(H2,15,19). The van der Waals surface area contributed by atoms with Gasteiger partial charge in [0.05, 0.1) is 12.6 Å². The number of aliphatic hydroxyl groups excluding tert-OH is 1. The van der Waals surface area contributed by atoms with Crippen LogP contribution in [0.25, 0.3) is 0 Å². The summed E-state index contributed by atoms with van der Waals surface area (Å²) >= 11 is 4.88. The van der Waals surface area contributed by atoms with E-state index in [1.54, 1.807) is 29.2 Å². The third-order valence-electron chi connectivity index (χ3n) is 3.52. The van der Waals surface area contributed by atoms with Gasteiger partial charge in [0, 0.05) is 17.7 Å². The van der Waals surface area contributed by atoms with Crippen LogP contribution in [0.3, 0.4) is 0 Å². The molecule has 0 aromatic heterocycles. The van der Waals surface area contributed by atoms with E-state index in [0.717, 1.165) is 24.8 Å². The third-order valence-corrected chi connectivity index (χ3v) is 3.75. The first-order chi connectivity index (χ1) is 9.13. The molecule has 0 saturated carbocycles. The number of amides is 1. The number of aliphatic hydroxyl groups is 1. The van der Waals surface area contributed by atoms with E-state index in [0.29, 0.717) is 17.1 Å². The minimum Gasteiger partial charge on any atom is -0.394 e. The second-order valence-corrected chi connectivity index (χ2v) is 5.21. The molecule has 3 N–H and O–H groups in total. The number of hydrogen-bond donors (Lipinski definition) is 2. The zero-order valence-electron chi connectivity index (χ0n) is 10.7. The summed E-state index contributed by atoms with van der Waals surface area (Å²) in [6.07, 6.45) is 2.93. The molecule has 4 nitrogen and oxygen atoms in total. The van der Waals surface area contributed by atoms with Crippen LogP contribution in [-0.4, -0.2) is 40.1 Å². The van der Waals surface area contributed by atoms with Gasteiger partial charge in [0.25, 0.3) is 5.91 Å². The van der Waals surface area contributed by atoms with Crippen molar-refractivity contribution in [2.24, 2.45) is 5.73 Å². The number of nitrogens with zero attached hydrogens (tertiary/aromatic N) is 1. The van der Waals surface area contributed by atoms with Crippen LogP contribution in [0.15, 0.2) is 24.3 Å². The molecule has 1 aromatic carbocycles. The van der Waals surface area contributed by atoms with Crippen LogP contribution in [0.2, 0.25) is 0 Å². The highest BCUT2D eigenvalue weighted by Crippen LogP contribution is 2.19. The zero-order chi connectivity index (χ0) is 13.8. The lowest BCUT2D eigenvalue weighted by Gasteiger charge is -2.34. The molecule has 0 radical (unpaired) electrons. The third kappa shape index (κ3) is 3.11. The summed E-state index contributed by atoms with van der Waals surface area (Å²) in [7, 11) is 0. The van der Waals surface area contributed by atoms with Gasteiger partial charge in [0.2, 0.25) is 0 Å². The molecule has 0 spiro atoms. The van der Waals surface area contributed by atoms with E-state index in [1.807, 2.05) is 0 Å². The van der Waals surface area contributed by atoms with Crippen molar-refractivity contribution in [3.63, 3.8) is 0 Å². The quantitative estimate of drug-likeness (QED) is 0.818. The number of likely N-dealkylation sites (tertiary alicyclic amines) is 1. The van der Waals surface area contributed by atoms with Crippen molar-refractivity contribution in [2.45, 2.75) is 25.3 Å². The Morgan fingerprint density at radius 1 is 1.32 bits per heavy atom. The second-order valence-electron chi connectivity index (χ2n) is 4.77. The number of rotatable bonds is 3. The zero-order valence-corrected chi connectivity index (χ0v) is 11.5. The van der Waals surface area contributed by atoms with Gasteiger partial charge in [-0.3, -0.25) is 4.79 Å². The van der Waals surface area contributed by atoms with E-state index in [4.69, 9.17) is 18.0 Å². The minimum absolute atomic E-state index is 0.0245. The maximum Gasteiger partial charge on any atom is 0.254 e. The maximum atomic E-state index is 12.4. The Balaban J connectivity index is 2.16. The summed E-state index contributed by atoms with van der Waals surface area (Å²) < 4.78 is 0. The van der Waals surface area contributed by atoms with E-state index in [9.17, 15) is 9.90 Å². The summed E-state index contributed by atoms with van der Waals surface area (Å²) in [6, 6.07) is 6.93. The fourth-order valence-corrected chi connectivity index (χ4v) is 2.54. The lowest BCUT2D eigenvalue weighted by atomic mass is 10.0. The van der Waals surface area contributed by atoms with Crippen LogP contribution in [0.5, 0.6) is 0 Å². The van der Waals surface area contributed by atoms with Gasteiger partial charge in [0.1, 0.15) is 4.99 Å². The van der Waals surface area contributed by atoms with Crippen LogP contribution < -0.4 is 5.73 Å². The van der Waals surface area contributed by atoms with Gasteiger partial charge < -0.3 is 15.7 Å². The number of hydrogen-bond acceptors (Lipinski definition) is 3. The summed E-state index contributed by atoms with van der Waals surface area (Å²) in [5, 5.41) is 9.35. The Hall–Kier alpha value is -1.46. The Morgan fingerprint density at radius 3 is 2.53 bits per heavy atom. The first-order valence-electron chi connectivity index (χ1n) is 6.45. The molecule has 19 heavy (non-hydrogen) atoms. The summed E-state index contributed by atoms with van der Waals surface area (Å²) in [4.78, 5) is 14.5. The average molecular weight is 278 g/mol. The van der Waals surface area contributed by atoms with Crippen LogP contribution >= 0.6 is 12.2 Å². The van der Waals surface area contributed by atoms with Gasteiger partial charge >= 0.3 is 0 Å². The van der Waals surface area contributed by atoms with Gasteiger partial charge in [-0.2, -0.15) is 0 Å². The van der Waals surface area contributed by atoms with Crippen molar-refractivity contribution < 1.29 is 9.90 Å². The Kier molecular flexibility index (Phi) is 4.50. The lowest BCUT2D eigenvalue weighted by Crippen LogP contribution is -2.45. The number of carbonyl (C=O) groups excluding carboxylic acids is 1. The molecule has 1 aliphatic rings. The molecule has 1 atom stereocenters. The summed E-state index contributed by atoms with van der Waals surface area (Å²) in [5.41, 5.74) is 6.89. The fourth-order valence-electron chi connectivity index (χ4n) is 2.40. The van der Waals surface area contributed by atoms with Crippen molar-refractivity contribution >= 4 is 23.1 Å². The number of carbonyl (C=O) groups is 1. The largest absolute Gasteiger partial charge is 0.394 e. The number of piperidine rings is 1. The second kappa shape index (κ2) is 6.12. The van der Waals surface area contributed by atoms with E-state index in [-0.39, 0.29) is 18.6 Å². The van der Waals surface area contributed by atoms with E-state index >= 15 is 0 Å². The topological polar surface area (TPSA) is 66.6 Å². The molecule has 0 bridgehead atoms. The Labute approximate surface area is 118 Å². The van der Waals surface area contributed by atoms with Gasteiger partial charge in [-0.25, -0.2) is 0 Å². The maximum absolute atomic E-state index is 12.4. The average Bonchev–Trinajstić information content (AvgIpc) is 2.46. The smallest absolute Gasteiger partial charge is 0.254 e. The molecule has 1 unspecified atom stereocenters.